The quantitative estimate of drug-likeness (QED) is 0.360. The Morgan fingerprint density at radius 3 is 2.45 bits per heavy atom. The maximum Gasteiger partial charge on any atom is 0.410 e. The molecule has 38 heavy (non-hydrogen) atoms. The number of cyclic esters (lactones) is 1. The number of esters is 1. The Hall–Kier alpha value is -3.82. The van der Waals surface area contributed by atoms with E-state index in [1.54, 1.807) is 15.9 Å². The van der Waals surface area contributed by atoms with Gasteiger partial charge in [-0.25, -0.2) is 9.59 Å². The first-order valence-electron chi connectivity index (χ1n) is 12.9. The Bertz CT molecular complexity index is 1080. The van der Waals surface area contributed by atoms with Crippen LogP contribution in [0.2, 0.25) is 0 Å². The summed E-state index contributed by atoms with van der Waals surface area (Å²) >= 11 is 0. The van der Waals surface area contributed by atoms with E-state index in [0.29, 0.717) is 49.4 Å². The van der Waals surface area contributed by atoms with Crippen LogP contribution in [0.4, 0.5) is 4.79 Å². The fraction of sp³-hybridized carbons (Fsp3) is 0.500. The van der Waals surface area contributed by atoms with Crippen molar-refractivity contribution in [3.63, 3.8) is 0 Å². The number of allylic oxidation sites excluding steroid dienone is 3. The molecular weight excluding hydrogens is 490 g/mol. The van der Waals surface area contributed by atoms with E-state index in [1.165, 1.54) is 18.2 Å². The van der Waals surface area contributed by atoms with Crippen LogP contribution in [0.25, 0.3) is 0 Å². The average Bonchev–Trinajstić information content (AvgIpc) is 2.86. The van der Waals surface area contributed by atoms with E-state index >= 15 is 0 Å². The number of phenolic OH excluding ortho intramolecular Hbond substituents is 1. The monoisotopic (exact) mass is 527 g/mol. The number of amides is 2. The molecule has 1 aromatic rings. The number of hydrogen-bond donors (Lipinski definition) is 1. The number of phenols is 1. The van der Waals surface area contributed by atoms with Crippen LogP contribution in [0.3, 0.4) is 0 Å². The first-order valence-corrected chi connectivity index (χ1v) is 12.9. The van der Waals surface area contributed by atoms with Gasteiger partial charge < -0.3 is 29.2 Å². The molecule has 0 aromatic heterocycles. The number of benzene rings is 1. The molecule has 3 rings (SSSR count). The van der Waals surface area contributed by atoms with E-state index in [1.807, 2.05) is 39.0 Å². The van der Waals surface area contributed by atoms with Gasteiger partial charge >= 0.3 is 12.1 Å². The molecule has 0 saturated carbocycles. The molecule has 10 heteroatoms. The van der Waals surface area contributed by atoms with E-state index < -0.39 is 17.7 Å². The van der Waals surface area contributed by atoms with E-state index in [4.69, 9.17) is 14.3 Å². The molecule has 2 heterocycles. The summed E-state index contributed by atoms with van der Waals surface area (Å²) in [6.45, 7) is 6.95. The Balaban J connectivity index is 1.63. The zero-order valence-corrected chi connectivity index (χ0v) is 22.4. The number of fused-ring (bicyclic) bond motifs is 1. The molecule has 2 aliphatic heterocycles. The van der Waals surface area contributed by atoms with Gasteiger partial charge in [-0.05, 0) is 69.9 Å². The van der Waals surface area contributed by atoms with E-state index in [9.17, 15) is 19.5 Å². The van der Waals surface area contributed by atoms with Crippen molar-refractivity contribution in [2.75, 3.05) is 39.4 Å². The molecule has 1 fully saturated rings. The lowest BCUT2D eigenvalue weighted by molar-refractivity contribution is -0.137. The van der Waals surface area contributed by atoms with Crippen LogP contribution in [0.1, 0.15) is 56.0 Å². The molecule has 10 nitrogen and oxygen atoms in total. The van der Waals surface area contributed by atoms with Crippen molar-refractivity contribution in [2.45, 2.75) is 52.1 Å². The van der Waals surface area contributed by atoms with Crippen LogP contribution in [-0.2, 0) is 25.5 Å². The van der Waals surface area contributed by atoms with Gasteiger partial charge in [-0.15, -0.1) is 0 Å². The van der Waals surface area contributed by atoms with Crippen molar-refractivity contribution in [3.8, 4) is 5.75 Å². The van der Waals surface area contributed by atoms with Crippen molar-refractivity contribution >= 4 is 23.7 Å². The van der Waals surface area contributed by atoms with Gasteiger partial charge in [-0.2, -0.15) is 0 Å². The fourth-order valence-electron chi connectivity index (χ4n) is 3.91. The Morgan fingerprint density at radius 1 is 1.03 bits per heavy atom. The normalized spacial score (nSPS) is 20.1. The van der Waals surface area contributed by atoms with Gasteiger partial charge in [0.1, 0.15) is 11.4 Å². The summed E-state index contributed by atoms with van der Waals surface area (Å²) in [5, 5.41) is 14.2. The molecule has 1 aromatic carbocycles. The summed E-state index contributed by atoms with van der Waals surface area (Å²) in [5.74, 6) is -0.698. The number of hydrogen-bond acceptors (Lipinski definition) is 8. The Labute approximate surface area is 223 Å². The van der Waals surface area contributed by atoms with E-state index in [0.717, 1.165) is 12.8 Å². The fourth-order valence-corrected chi connectivity index (χ4v) is 3.91. The lowest BCUT2D eigenvalue weighted by atomic mass is 10.0. The Morgan fingerprint density at radius 2 is 1.71 bits per heavy atom. The van der Waals surface area contributed by atoms with Gasteiger partial charge in [-0.1, -0.05) is 23.4 Å². The molecule has 2 amide bonds. The van der Waals surface area contributed by atoms with Crippen LogP contribution >= 0.6 is 0 Å². The van der Waals surface area contributed by atoms with Crippen LogP contribution < -0.4 is 0 Å². The number of ether oxygens (including phenoxy) is 2. The summed E-state index contributed by atoms with van der Waals surface area (Å²) in [4.78, 5) is 46.2. The summed E-state index contributed by atoms with van der Waals surface area (Å²) in [6, 6.07) is 4.46. The SMILES string of the molecule is CC(C)(C)OC(=O)N1CCN(C(=O)CO/N=C2/C=C/CC/C=C/CCOC(=O)c3ccc(O)cc3C2)CC1. The molecule has 0 spiro atoms. The van der Waals surface area contributed by atoms with Crippen LogP contribution in [0, 0.1) is 0 Å². The molecule has 0 aliphatic carbocycles. The number of carbonyl (C=O) groups is 3. The van der Waals surface area contributed by atoms with Crippen molar-refractivity contribution in [3.05, 3.63) is 53.6 Å². The predicted octanol–water partition coefficient (Wildman–Crippen LogP) is 3.84. The highest BCUT2D eigenvalue weighted by Gasteiger charge is 2.27. The second-order valence-electron chi connectivity index (χ2n) is 10.1. The molecule has 0 atom stereocenters. The molecular formula is C28H37N3O7. The predicted molar refractivity (Wildman–Crippen MR) is 142 cm³/mol. The van der Waals surface area contributed by atoms with Crippen LogP contribution in [0.5, 0.6) is 5.75 Å². The third kappa shape index (κ3) is 9.24. The zero-order valence-electron chi connectivity index (χ0n) is 22.4. The second kappa shape index (κ2) is 13.6. The van der Waals surface area contributed by atoms with Gasteiger partial charge in [0.2, 0.25) is 0 Å². The number of rotatable bonds is 3. The molecule has 1 N–H and O–H groups in total. The third-order valence-electron chi connectivity index (χ3n) is 5.83. The molecule has 206 valence electrons. The third-order valence-corrected chi connectivity index (χ3v) is 5.83. The smallest absolute Gasteiger partial charge is 0.410 e. The number of piperazine rings is 1. The summed E-state index contributed by atoms with van der Waals surface area (Å²) < 4.78 is 10.8. The minimum atomic E-state index is -0.576. The number of aromatic hydroxyl groups is 1. The largest absolute Gasteiger partial charge is 0.508 e. The molecule has 0 unspecified atom stereocenters. The summed E-state index contributed by atoms with van der Waals surface area (Å²) in [6.07, 6.45) is 9.80. The van der Waals surface area contributed by atoms with Crippen molar-refractivity contribution in [1.82, 2.24) is 9.80 Å². The van der Waals surface area contributed by atoms with E-state index in [2.05, 4.69) is 5.16 Å². The first kappa shape index (κ1) is 28.7. The van der Waals surface area contributed by atoms with Gasteiger partial charge in [0.25, 0.3) is 5.91 Å². The molecule has 1 saturated heterocycles. The van der Waals surface area contributed by atoms with Gasteiger partial charge in [0, 0.05) is 32.6 Å². The van der Waals surface area contributed by atoms with Crippen molar-refractivity contribution < 1.29 is 33.8 Å². The van der Waals surface area contributed by atoms with Crippen molar-refractivity contribution in [2.24, 2.45) is 5.16 Å². The molecule has 0 radical (unpaired) electrons. The number of nitrogens with zero attached hydrogens (tertiary/aromatic N) is 3. The maximum atomic E-state index is 12.7. The topological polar surface area (TPSA) is 118 Å². The maximum absolute atomic E-state index is 12.7. The van der Waals surface area contributed by atoms with Crippen LogP contribution in [-0.4, -0.2) is 83.6 Å². The minimum Gasteiger partial charge on any atom is -0.508 e. The lowest BCUT2D eigenvalue weighted by Crippen LogP contribution is -2.52. The summed E-state index contributed by atoms with van der Waals surface area (Å²) in [5.41, 5.74) is 0.796. The molecule has 2 aliphatic rings. The first-order chi connectivity index (χ1) is 18.1. The van der Waals surface area contributed by atoms with Gasteiger partial charge in [0.15, 0.2) is 6.61 Å². The number of oxime groups is 1. The lowest BCUT2D eigenvalue weighted by Gasteiger charge is -2.35. The zero-order chi connectivity index (χ0) is 27.5. The van der Waals surface area contributed by atoms with Crippen molar-refractivity contribution in [1.29, 1.82) is 0 Å². The standard InChI is InChI=1S/C28H37N3O7/c1-28(2,3)38-27(35)31-15-13-30(14-16-31)25(33)20-37-29-22-10-8-6-4-5-7-9-17-36-26(34)24-12-11-23(32)19-21(24)18-22/h5,7-8,10-12,19,32H,4,6,9,13-18,20H2,1-3H3/b7-5+,10-8+,29-22-. The van der Waals surface area contributed by atoms with Gasteiger partial charge in [-0.3, -0.25) is 4.79 Å². The highest BCUT2D eigenvalue weighted by atomic mass is 16.6. The highest BCUT2D eigenvalue weighted by molar-refractivity contribution is 5.99. The number of carbonyl (C=O) groups excluding carboxylic acids is 3. The molecule has 0 bridgehead atoms. The average molecular weight is 528 g/mol. The van der Waals surface area contributed by atoms with E-state index in [-0.39, 0.29) is 31.3 Å². The van der Waals surface area contributed by atoms with Gasteiger partial charge in [0.05, 0.1) is 17.9 Å². The second-order valence-corrected chi connectivity index (χ2v) is 10.1. The van der Waals surface area contributed by atoms with Crippen LogP contribution in [0.15, 0.2) is 47.7 Å². The highest BCUT2D eigenvalue weighted by Crippen LogP contribution is 2.20. The summed E-state index contributed by atoms with van der Waals surface area (Å²) in [7, 11) is 0. The minimum absolute atomic E-state index is 0.0190. The Kier molecular flexibility index (Phi) is 10.3.